The van der Waals surface area contributed by atoms with E-state index in [9.17, 15) is 17.6 Å². The van der Waals surface area contributed by atoms with Crippen LogP contribution in [-0.2, 0) is 26.9 Å². The summed E-state index contributed by atoms with van der Waals surface area (Å²) in [5.74, 6) is -0.450. The molecule has 31 heavy (non-hydrogen) atoms. The number of anilines is 1. The Morgan fingerprint density at radius 1 is 1.00 bits per heavy atom. The lowest BCUT2D eigenvalue weighted by atomic mass is 10.2. The van der Waals surface area contributed by atoms with Crippen molar-refractivity contribution >= 4 is 32.5 Å². The van der Waals surface area contributed by atoms with Gasteiger partial charge in [-0.3, -0.25) is 4.79 Å². The van der Waals surface area contributed by atoms with Crippen molar-refractivity contribution in [2.45, 2.75) is 24.1 Å². The Balaban J connectivity index is 1.68. The van der Waals surface area contributed by atoms with Gasteiger partial charge in [0.2, 0.25) is 5.91 Å². The van der Waals surface area contributed by atoms with Crippen molar-refractivity contribution in [3.05, 3.63) is 90.0 Å². The zero-order chi connectivity index (χ0) is 22.0. The standard InChI is InChI=1S/C23H20FN3O3S/c1-16(28)25-19-10-12-20(13-11-19)31(29,30)15-23-26-21-4-2-3-5-22(21)27(23)14-17-6-8-18(24)9-7-17/h2-13H,14-15H2,1H3,(H,25,28). The Labute approximate surface area is 179 Å². The zero-order valence-electron chi connectivity index (χ0n) is 16.7. The van der Waals surface area contributed by atoms with E-state index in [0.29, 0.717) is 23.6 Å². The number of nitrogens with zero attached hydrogens (tertiary/aromatic N) is 2. The molecule has 0 saturated carbocycles. The number of halogens is 1. The smallest absolute Gasteiger partial charge is 0.221 e. The van der Waals surface area contributed by atoms with Gasteiger partial charge in [-0.2, -0.15) is 0 Å². The van der Waals surface area contributed by atoms with Crippen LogP contribution in [0.1, 0.15) is 18.3 Å². The first-order valence-corrected chi connectivity index (χ1v) is 11.3. The van der Waals surface area contributed by atoms with Crippen molar-refractivity contribution in [2.24, 2.45) is 0 Å². The van der Waals surface area contributed by atoms with Crippen molar-refractivity contribution in [1.29, 1.82) is 0 Å². The van der Waals surface area contributed by atoms with Crippen LogP contribution in [-0.4, -0.2) is 23.9 Å². The van der Waals surface area contributed by atoms with Gasteiger partial charge in [0.15, 0.2) is 9.84 Å². The number of aromatic nitrogens is 2. The number of nitrogens with one attached hydrogen (secondary N) is 1. The molecule has 0 bridgehead atoms. The minimum atomic E-state index is -3.68. The van der Waals surface area contributed by atoms with E-state index < -0.39 is 9.84 Å². The lowest BCUT2D eigenvalue weighted by molar-refractivity contribution is -0.114. The third kappa shape index (κ3) is 4.64. The molecular weight excluding hydrogens is 417 g/mol. The van der Waals surface area contributed by atoms with Gasteiger partial charge in [-0.1, -0.05) is 24.3 Å². The molecule has 0 atom stereocenters. The number of para-hydroxylation sites is 2. The summed E-state index contributed by atoms with van der Waals surface area (Å²) in [5, 5.41) is 2.61. The predicted molar refractivity (Wildman–Crippen MR) is 117 cm³/mol. The van der Waals surface area contributed by atoms with Crippen LogP contribution in [0.2, 0.25) is 0 Å². The Bertz CT molecular complexity index is 1350. The molecule has 1 aromatic heterocycles. The predicted octanol–water partition coefficient (Wildman–Crippen LogP) is 4.16. The molecule has 1 heterocycles. The Kier molecular flexibility index (Phi) is 5.56. The maximum atomic E-state index is 13.3. The molecule has 6 nitrogen and oxygen atoms in total. The van der Waals surface area contributed by atoms with Crippen molar-refractivity contribution in [3.8, 4) is 0 Å². The molecule has 0 aliphatic carbocycles. The van der Waals surface area contributed by atoms with Crippen LogP contribution in [0, 0.1) is 5.82 Å². The van der Waals surface area contributed by atoms with E-state index in [0.717, 1.165) is 11.1 Å². The van der Waals surface area contributed by atoms with E-state index in [1.165, 1.54) is 31.2 Å². The largest absolute Gasteiger partial charge is 0.326 e. The maximum Gasteiger partial charge on any atom is 0.221 e. The number of carbonyl (C=O) groups is 1. The van der Waals surface area contributed by atoms with Gasteiger partial charge in [-0.15, -0.1) is 0 Å². The molecule has 1 amide bonds. The third-order valence-electron chi connectivity index (χ3n) is 4.84. The van der Waals surface area contributed by atoms with Crippen molar-refractivity contribution < 1.29 is 17.6 Å². The zero-order valence-corrected chi connectivity index (χ0v) is 17.6. The average Bonchev–Trinajstić information content (AvgIpc) is 3.06. The summed E-state index contributed by atoms with van der Waals surface area (Å²) in [6.45, 7) is 1.75. The average molecular weight is 437 g/mol. The van der Waals surface area contributed by atoms with Gasteiger partial charge < -0.3 is 9.88 Å². The molecule has 3 aromatic carbocycles. The van der Waals surface area contributed by atoms with Gasteiger partial charge in [-0.05, 0) is 54.1 Å². The molecule has 0 aliphatic heterocycles. The SMILES string of the molecule is CC(=O)Nc1ccc(S(=O)(=O)Cc2nc3ccccc3n2Cc2ccc(F)cc2)cc1. The molecule has 8 heteroatoms. The second kappa shape index (κ2) is 8.31. The lowest BCUT2D eigenvalue weighted by Gasteiger charge is -2.11. The molecule has 0 aliphatic rings. The van der Waals surface area contributed by atoms with Gasteiger partial charge in [0.05, 0.1) is 15.9 Å². The highest BCUT2D eigenvalue weighted by Gasteiger charge is 2.21. The number of benzene rings is 3. The fourth-order valence-corrected chi connectivity index (χ4v) is 4.66. The highest BCUT2D eigenvalue weighted by Crippen LogP contribution is 2.23. The maximum absolute atomic E-state index is 13.3. The Morgan fingerprint density at radius 3 is 2.35 bits per heavy atom. The van der Waals surface area contributed by atoms with Crippen LogP contribution < -0.4 is 5.32 Å². The molecule has 0 spiro atoms. The van der Waals surface area contributed by atoms with Crippen LogP contribution in [0.3, 0.4) is 0 Å². The van der Waals surface area contributed by atoms with E-state index in [1.54, 1.807) is 24.3 Å². The molecule has 0 radical (unpaired) electrons. The van der Waals surface area contributed by atoms with Crippen LogP contribution in [0.4, 0.5) is 10.1 Å². The number of carbonyl (C=O) groups excluding carboxylic acids is 1. The molecule has 0 fully saturated rings. The van der Waals surface area contributed by atoms with E-state index in [1.807, 2.05) is 28.8 Å². The molecule has 4 rings (SSSR count). The summed E-state index contributed by atoms with van der Waals surface area (Å²) >= 11 is 0. The first-order chi connectivity index (χ1) is 14.8. The van der Waals surface area contributed by atoms with Crippen LogP contribution in [0.15, 0.2) is 77.7 Å². The first kappa shape index (κ1) is 20.7. The normalized spacial score (nSPS) is 11.5. The van der Waals surface area contributed by atoms with E-state index >= 15 is 0 Å². The Hall–Kier alpha value is -3.52. The second-order valence-electron chi connectivity index (χ2n) is 7.19. The van der Waals surface area contributed by atoms with Crippen molar-refractivity contribution in [1.82, 2.24) is 9.55 Å². The highest BCUT2D eigenvalue weighted by atomic mass is 32.2. The van der Waals surface area contributed by atoms with Crippen LogP contribution in [0.25, 0.3) is 11.0 Å². The molecule has 0 unspecified atom stereocenters. The number of hydrogen-bond acceptors (Lipinski definition) is 4. The van der Waals surface area contributed by atoms with E-state index in [4.69, 9.17) is 0 Å². The molecule has 1 N–H and O–H groups in total. The number of rotatable bonds is 6. The quantitative estimate of drug-likeness (QED) is 0.491. The van der Waals surface area contributed by atoms with Crippen molar-refractivity contribution in [3.63, 3.8) is 0 Å². The molecule has 158 valence electrons. The highest BCUT2D eigenvalue weighted by molar-refractivity contribution is 7.90. The topological polar surface area (TPSA) is 81.1 Å². The third-order valence-corrected chi connectivity index (χ3v) is 6.47. The summed E-state index contributed by atoms with van der Waals surface area (Å²) in [4.78, 5) is 15.9. The summed E-state index contributed by atoms with van der Waals surface area (Å²) in [6.07, 6.45) is 0. The number of fused-ring (bicyclic) bond motifs is 1. The number of imidazole rings is 1. The minimum absolute atomic E-state index is 0.141. The first-order valence-electron chi connectivity index (χ1n) is 9.61. The summed E-state index contributed by atoms with van der Waals surface area (Å²) in [7, 11) is -3.68. The van der Waals surface area contributed by atoms with Gasteiger partial charge in [0.25, 0.3) is 0 Å². The minimum Gasteiger partial charge on any atom is -0.326 e. The van der Waals surface area contributed by atoms with Crippen molar-refractivity contribution in [2.75, 3.05) is 5.32 Å². The number of hydrogen-bond donors (Lipinski definition) is 1. The number of sulfone groups is 1. The second-order valence-corrected chi connectivity index (χ2v) is 9.18. The van der Waals surface area contributed by atoms with Gasteiger partial charge in [0, 0.05) is 19.2 Å². The van der Waals surface area contributed by atoms with Gasteiger partial charge in [0.1, 0.15) is 17.4 Å². The van der Waals surface area contributed by atoms with Crippen LogP contribution in [0.5, 0.6) is 0 Å². The summed E-state index contributed by atoms with van der Waals surface area (Å²) in [6, 6.07) is 19.5. The van der Waals surface area contributed by atoms with E-state index in [2.05, 4.69) is 10.3 Å². The molecular formula is C23H20FN3O3S. The Morgan fingerprint density at radius 2 is 1.68 bits per heavy atom. The fraction of sp³-hybridized carbons (Fsp3) is 0.130. The monoisotopic (exact) mass is 437 g/mol. The van der Waals surface area contributed by atoms with Crippen LogP contribution >= 0.6 is 0 Å². The summed E-state index contributed by atoms with van der Waals surface area (Å²) < 4.78 is 41.3. The van der Waals surface area contributed by atoms with Gasteiger partial charge >= 0.3 is 0 Å². The molecule has 4 aromatic rings. The lowest BCUT2D eigenvalue weighted by Crippen LogP contribution is -2.12. The van der Waals surface area contributed by atoms with Gasteiger partial charge in [-0.25, -0.2) is 17.8 Å². The summed E-state index contributed by atoms with van der Waals surface area (Å²) in [5.41, 5.74) is 2.85. The van der Waals surface area contributed by atoms with E-state index in [-0.39, 0.29) is 22.4 Å². The fourth-order valence-electron chi connectivity index (χ4n) is 3.39. The molecule has 0 saturated heterocycles. The number of amides is 1.